The molecular formula is C15H24N2. The van der Waals surface area contributed by atoms with Gasteiger partial charge in [0.2, 0.25) is 0 Å². The second kappa shape index (κ2) is 5.54. The predicted octanol–water partition coefficient (Wildman–Crippen LogP) is 3.00. The van der Waals surface area contributed by atoms with Gasteiger partial charge in [-0.25, -0.2) is 0 Å². The molecule has 1 aromatic carbocycles. The number of benzene rings is 1. The zero-order valence-corrected chi connectivity index (χ0v) is 11.2. The van der Waals surface area contributed by atoms with Crippen LogP contribution in [0.2, 0.25) is 0 Å². The van der Waals surface area contributed by atoms with Gasteiger partial charge in [0.15, 0.2) is 0 Å². The summed E-state index contributed by atoms with van der Waals surface area (Å²) in [6.07, 6.45) is 2.45. The van der Waals surface area contributed by atoms with Gasteiger partial charge in [-0.15, -0.1) is 0 Å². The summed E-state index contributed by atoms with van der Waals surface area (Å²) in [6, 6.07) is 9.35. The molecule has 0 aliphatic carbocycles. The second-order valence-electron chi connectivity index (χ2n) is 5.56. The molecule has 0 radical (unpaired) electrons. The molecule has 1 atom stereocenters. The Hall–Kier alpha value is -1.02. The molecule has 0 amide bonds. The van der Waals surface area contributed by atoms with Crippen LogP contribution in [-0.4, -0.2) is 31.1 Å². The number of aryl methyl sites for hydroxylation is 1. The summed E-state index contributed by atoms with van der Waals surface area (Å²) in [5.74, 6) is 0.741. The van der Waals surface area contributed by atoms with Crippen molar-refractivity contribution < 1.29 is 0 Å². The first-order valence-corrected chi connectivity index (χ1v) is 6.69. The van der Waals surface area contributed by atoms with Gasteiger partial charge in [0.1, 0.15) is 0 Å². The summed E-state index contributed by atoms with van der Waals surface area (Å²) in [6.45, 7) is 6.83. The first kappa shape index (κ1) is 12.4. The zero-order chi connectivity index (χ0) is 12.3. The number of para-hydroxylation sites is 1. The number of nitrogens with zero attached hydrogens (tertiary/aromatic N) is 1. The average molecular weight is 232 g/mol. The van der Waals surface area contributed by atoms with Crippen molar-refractivity contribution in [3.8, 4) is 0 Å². The summed E-state index contributed by atoms with van der Waals surface area (Å²) in [7, 11) is 2.25. The molecule has 0 saturated carbocycles. The fourth-order valence-corrected chi connectivity index (χ4v) is 2.66. The summed E-state index contributed by atoms with van der Waals surface area (Å²) in [5, 5.41) is 3.59. The highest BCUT2D eigenvalue weighted by Crippen LogP contribution is 2.22. The van der Waals surface area contributed by atoms with Gasteiger partial charge in [0.25, 0.3) is 0 Å². The number of fused-ring (bicyclic) bond motifs is 1. The molecule has 17 heavy (non-hydrogen) atoms. The van der Waals surface area contributed by atoms with Gasteiger partial charge in [-0.1, -0.05) is 32.0 Å². The van der Waals surface area contributed by atoms with Gasteiger partial charge in [-0.2, -0.15) is 0 Å². The molecule has 94 valence electrons. The molecular weight excluding hydrogens is 208 g/mol. The highest BCUT2D eigenvalue weighted by atomic mass is 15.1. The summed E-state index contributed by atoms with van der Waals surface area (Å²) >= 11 is 0. The lowest BCUT2D eigenvalue weighted by Gasteiger charge is -2.28. The van der Waals surface area contributed by atoms with Crippen molar-refractivity contribution in [1.29, 1.82) is 0 Å². The van der Waals surface area contributed by atoms with Crippen LogP contribution in [0.5, 0.6) is 0 Å². The van der Waals surface area contributed by atoms with Crippen LogP contribution in [0.15, 0.2) is 24.3 Å². The van der Waals surface area contributed by atoms with Crippen LogP contribution < -0.4 is 5.32 Å². The van der Waals surface area contributed by atoms with E-state index in [0.29, 0.717) is 6.04 Å². The molecule has 1 unspecified atom stereocenters. The summed E-state index contributed by atoms with van der Waals surface area (Å²) in [4.78, 5) is 2.50. The van der Waals surface area contributed by atoms with Gasteiger partial charge in [-0.3, -0.25) is 0 Å². The normalized spacial score (nSPS) is 19.9. The van der Waals surface area contributed by atoms with Crippen molar-refractivity contribution in [2.45, 2.75) is 32.7 Å². The molecule has 2 rings (SSSR count). The Labute approximate surface area is 105 Å². The Bertz CT molecular complexity index is 333. The van der Waals surface area contributed by atoms with E-state index in [1.165, 1.54) is 30.6 Å². The topological polar surface area (TPSA) is 15.3 Å². The smallest absolute Gasteiger partial charge is 0.0373 e. The van der Waals surface area contributed by atoms with Crippen molar-refractivity contribution in [2.75, 3.05) is 25.5 Å². The van der Waals surface area contributed by atoms with Crippen LogP contribution in [-0.2, 0) is 6.42 Å². The van der Waals surface area contributed by atoms with Crippen molar-refractivity contribution in [3.05, 3.63) is 29.8 Å². The van der Waals surface area contributed by atoms with E-state index in [4.69, 9.17) is 0 Å². The fourth-order valence-electron chi connectivity index (χ4n) is 2.66. The molecule has 2 heteroatoms. The SMILES string of the molecule is CC(C)CN(C)C1CCc2ccccc2NC1. The molecule has 0 fully saturated rings. The third-order valence-electron chi connectivity index (χ3n) is 3.57. The van der Waals surface area contributed by atoms with Crippen molar-refractivity contribution >= 4 is 5.69 Å². The lowest BCUT2D eigenvalue weighted by atomic mass is 10.0. The van der Waals surface area contributed by atoms with Crippen LogP contribution in [0.25, 0.3) is 0 Å². The number of rotatable bonds is 3. The van der Waals surface area contributed by atoms with Crippen molar-refractivity contribution in [2.24, 2.45) is 5.92 Å². The average Bonchev–Trinajstić information content (AvgIpc) is 2.50. The monoisotopic (exact) mass is 232 g/mol. The van der Waals surface area contributed by atoms with Crippen LogP contribution in [0.3, 0.4) is 0 Å². The molecule has 1 N–H and O–H groups in total. The van der Waals surface area contributed by atoms with Crippen LogP contribution >= 0.6 is 0 Å². The minimum absolute atomic E-state index is 0.657. The number of anilines is 1. The Morgan fingerprint density at radius 3 is 2.88 bits per heavy atom. The fraction of sp³-hybridized carbons (Fsp3) is 0.600. The standard InChI is InChI=1S/C15H24N2/c1-12(2)11-17(3)14-9-8-13-6-4-5-7-15(13)16-10-14/h4-7,12,14,16H,8-11H2,1-3H3. The van der Waals surface area contributed by atoms with Crippen molar-refractivity contribution in [3.63, 3.8) is 0 Å². The van der Waals surface area contributed by atoms with Crippen LogP contribution in [0.1, 0.15) is 25.8 Å². The third kappa shape index (κ3) is 3.22. The highest BCUT2D eigenvalue weighted by Gasteiger charge is 2.19. The van der Waals surface area contributed by atoms with E-state index >= 15 is 0 Å². The zero-order valence-electron chi connectivity index (χ0n) is 11.2. The number of hydrogen-bond acceptors (Lipinski definition) is 2. The van der Waals surface area contributed by atoms with E-state index in [0.717, 1.165) is 12.5 Å². The van der Waals surface area contributed by atoms with Gasteiger partial charge in [0.05, 0.1) is 0 Å². The molecule has 1 aliphatic rings. The third-order valence-corrected chi connectivity index (χ3v) is 3.57. The van der Waals surface area contributed by atoms with Gasteiger partial charge < -0.3 is 10.2 Å². The molecule has 0 saturated heterocycles. The minimum atomic E-state index is 0.657. The molecule has 1 aromatic rings. The highest BCUT2D eigenvalue weighted by molar-refractivity contribution is 5.52. The maximum absolute atomic E-state index is 3.59. The molecule has 0 spiro atoms. The van der Waals surface area contributed by atoms with E-state index in [2.05, 4.69) is 55.4 Å². The minimum Gasteiger partial charge on any atom is -0.383 e. The first-order valence-electron chi connectivity index (χ1n) is 6.69. The Kier molecular flexibility index (Phi) is 4.06. The lowest BCUT2D eigenvalue weighted by molar-refractivity contribution is 0.217. The Morgan fingerprint density at radius 2 is 2.12 bits per heavy atom. The van der Waals surface area contributed by atoms with Crippen LogP contribution in [0, 0.1) is 5.92 Å². The van der Waals surface area contributed by atoms with E-state index in [9.17, 15) is 0 Å². The maximum atomic E-state index is 3.59. The predicted molar refractivity (Wildman–Crippen MR) is 74.5 cm³/mol. The van der Waals surface area contributed by atoms with E-state index in [-0.39, 0.29) is 0 Å². The van der Waals surface area contributed by atoms with Gasteiger partial charge in [0, 0.05) is 24.8 Å². The number of nitrogens with one attached hydrogen (secondary N) is 1. The Morgan fingerprint density at radius 1 is 1.35 bits per heavy atom. The number of hydrogen-bond donors (Lipinski definition) is 1. The van der Waals surface area contributed by atoms with Crippen molar-refractivity contribution in [1.82, 2.24) is 4.90 Å². The molecule has 1 aliphatic heterocycles. The summed E-state index contributed by atoms with van der Waals surface area (Å²) < 4.78 is 0. The molecule has 0 bridgehead atoms. The first-order chi connectivity index (χ1) is 8.16. The molecule has 0 aromatic heterocycles. The van der Waals surface area contributed by atoms with Gasteiger partial charge >= 0.3 is 0 Å². The second-order valence-corrected chi connectivity index (χ2v) is 5.56. The molecule has 2 nitrogen and oxygen atoms in total. The number of likely N-dealkylation sites (N-methyl/N-ethyl adjacent to an activating group) is 1. The Balaban J connectivity index is 1.99. The van der Waals surface area contributed by atoms with Gasteiger partial charge in [-0.05, 0) is 37.4 Å². The summed E-state index contributed by atoms with van der Waals surface area (Å²) in [5.41, 5.74) is 2.79. The van der Waals surface area contributed by atoms with E-state index < -0.39 is 0 Å². The quantitative estimate of drug-likeness (QED) is 0.862. The maximum Gasteiger partial charge on any atom is 0.0373 e. The largest absolute Gasteiger partial charge is 0.383 e. The lowest BCUT2D eigenvalue weighted by Crippen LogP contribution is -2.38. The van der Waals surface area contributed by atoms with E-state index in [1.54, 1.807) is 0 Å². The molecule has 1 heterocycles. The van der Waals surface area contributed by atoms with E-state index in [1.807, 2.05) is 0 Å². The van der Waals surface area contributed by atoms with Crippen LogP contribution in [0.4, 0.5) is 5.69 Å².